The molecule has 1 rings (SSSR count). The van der Waals surface area contributed by atoms with Gasteiger partial charge in [0, 0.05) is 0 Å². The number of esters is 1. The lowest BCUT2D eigenvalue weighted by molar-refractivity contribution is 0.00579. The Labute approximate surface area is 126 Å². The Bertz CT molecular complexity index is 636. The van der Waals surface area contributed by atoms with Crippen LogP contribution in [-0.4, -0.2) is 30.7 Å². The normalized spacial score (nSPS) is 12.2. The van der Waals surface area contributed by atoms with Gasteiger partial charge in [0.05, 0.1) is 11.4 Å². The quantitative estimate of drug-likeness (QED) is 0.651. The summed E-state index contributed by atoms with van der Waals surface area (Å²) in [6.45, 7) is 6.54. The number of aromatic nitrogens is 1. The van der Waals surface area contributed by atoms with Gasteiger partial charge in [-0.2, -0.15) is 0 Å². The fourth-order valence-electron chi connectivity index (χ4n) is 1.35. The zero-order chi connectivity index (χ0) is 15.7. The van der Waals surface area contributed by atoms with Crippen LogP contribution < -0.4 is 5.73 Å². The molecule has 0 aliphatic rings. The monoisotopic (exact) mass is 364 g/mol. The van der Waals surface area contributed by atoms with Crippen molar-refractivity contribution in [2.45, 2.75) is 38.2 Å². The molecule has 8 heteroatoms. The van der Waals surface area contributed by atoms with Crippen molar-refractivity contribution >= 4 is 37.4 Å². The lowest BCUT2D eigenvalue weighted by Crippen LogP contribution is -2.26. The van der Waals surface area contributed by atoms with E-state index in [1.807, 2.05) is 0 Å². The summed E-state index contributed by atoms with van der Waals surface area (Å²) in [5.41, 5.74) is 4.77. The first-order valence-corrected chi connectivity index (χ1v) is 8.34. The molecule has 0 atom stereocenters. The number of hydrogen-bond donors (Lipinski definition) is 1. The van der Waals surface area contributed by atoms with Crippen molar-refractivity contribution in [1.82, 2.24) is 4.98 Å². The minimum atomic E-state index is -3.63. The van der Waals surface area contributed by atoms with Gasteiger partial charge in [-0.15, -0.1) is 0 Å². The summed E-state index contributed by atoms with van der Waals surface area (Å²) in [6, 6.07) is 1.22. The molecular weight excluding hydrogens is 348 g/mol. The largest absolute Gasteiger partial charge is 0.455 e. The molecule has 20 heavy (non-hydrogen) atoms. The second-order valence-corrected chi connectivity index (χ2v) is 8.12. The van der Waals surface area contributed by atoms with Gasteiger partial charge >= 0.3 is 5.97 Å². The van der Waals surface area contributed by atoms with Crippen LogP contribution in [-0.2, 0) is 14.6 Å². The van der Waals surface area contributed by atoms with E-state index in [2.05, 4.69) is 20.9 Å². The molecule has 1 aromatic rings. The van der Waals surface area contributed by atoms with Gasteiger partial charge in [0.2, 0.25) is 0 Å². The molecule has 0 radical (unpaired) electrons. The van der Waals surface area contributed by atoms with Crippen LogP contribution in [0.15, 0.2) is 15.6 Å². The van der Waals surface area contributed by atoms with E-state index in [4.69, 9.17) is 10.5 Å². The predicted molar refractivity (Wildman–Crippen MR) is 79.2 cm³/mol. The van der Waals surface area contributed by atoms with Crippen LogP contribution in [0.4, 0.5) is 5.69 Å². The van der Waals surface area contributed by atoms with Crippen molar-refractivity contribution in [2.75, 3.05) is 11.5 Å². The smallest absolute Gasteiger partial charge is 0.358 e. The fraction of sp³-hybridized carbons (Fsp3) is 0.500. The minimum absolute atomic E-state index is 0.143. The Morgan fingerprint density at radius 3 is 2.45 bits per heavy atom. The molecule has 0 amide bonds. The third-order valence-corrected chi connectivity index (χ3v) is 4.65. The maximum absolute atomic E-state index is 12.1. The van der Waals surface area contributed by atoms with Crippen LogP contribution in [0.2, 0.25) is 0 Å². The number of anilines is 1. The number of ether oxygens (including phenoxy) is 1. The number of nitrogens with zero attached hydrogens (tertiary/aromatic N) is 1. The summed E-state index contributed by atoms with van der Waals surface area (Å²) in [5.74, 6) is -0.962. The standard InChI is InChI=1S/C12H17BrN2O4S/c1-5-20(17,18)8-6-7(14)10(13)15-9(8)11(16)19-12(2,3)4/h6H,5,14H2,1-4H3. The molecule has 0 aromatic carbocycles. The molecule has 0 aliphatic carbocycles. The Kier molecular flexibility index (Phi) is 4.81. The van der Waals surface area contributed by atoms with Gasteiger partial charge in [0.15, 0.2) is 15.5 Å². The molecule has 6 nitrogen and oxygen atoms in total. The van der Waals surface area contributed by atoms with E-state index in [1.165, 1.54) is 13.0 Å². The molecule has 0 spiro atoms. The van der Waals surface area contributed by atoms with Gasteiger partial charge in [-0.05, 0) is 42.8 Å². The number of nitrogen functional groups attached to an aromatic ring is 1. The number of nitrogens with two attached hydrogens (primary N) is 1. The van der Waals surface area contributed by atoms with E-state index in [0.717, 1.165) is 0 Å². The zero-order valence-corrected chi connectivity index (χ0v) is 14.1. The highest BCUT2D eigenvalue weighted by atomic mass is 79.9. The number of carbonyl (C=O) groups is 1. The Morgan fingerprint density at radius 2 is 2.00 bits per heavy atom. The highest BCUT2D eigenvalue weighted by molar-refractivity contribution is 9.10. The number of pyridine rings is 1. The Morgan fingerprint density at radius 1 is 1.45 bits per heavy atom. The van der Waals surface area contributed by atoms with Gasteiger partial charge in [0.1, 0.15) is 15.1 Å². The molecule has 0 fully saturated rings. The van der Waals surface area contributed by atoms with Crippen molar-refractivity contribution in [3.63, 3.8) is 0 Å². The lowest BCUT2D eigenvalue weighted by atomic mass is 10.2. The molecular formula is C12H17BrN2O4S. The highest BCUT2D eigenvalue weighted by Gasteiger charge is 2.28. The summed E-state index contributed by atoms with van der Waals surface area (Å²) in [7, 11) is -3.63. The molecule has 1 heterocycles. The zero-order valence-electron chi connectivity index (χ0n) is 11.7. The predicted octanol–water partition coefficient (Wildman–Crippen LogP) is 2.18. The lowest BCUT2D eigenvalue weighted by Gasteiger charge is -2.20. The second-order valence-electron chi connectivity index (χ2n) is 5.12. The Balaban J connectivity index is 3.46. The average Bonchev–Trinajstić information content (AvgIpc) is 2.29. The van der Waals surface area contributed by atoms with E-state index in [1.54, 1.807) is 20.8 Å². The number of sulfone groups is 1. The van der Waals surface area contributed by atoms with Crippen molar-refractivity contribution in [2.24, 2.45) is 0 Å². The summed E-state index contributed by atoms with van der Waals surface area (Å²) in [6.07, 6.45) is 0. The molecule has 0 unspecified atom stereocenters. The van der Waals surface area contributed by atoms with Crippen LogP contribution >= 0.6 is 15.9 Å². The van der Waals surface area contributed by atoms with Crippen LogP contribution in [0.3, 0.4) is 0 Å². The topological polar surface area (TPSA) is 99.4 Å². The van der Waals surface area contributed by atoms with Gasteiger partial charge in [0.25, 0.3) is 0 Å². The van der Waals surface area contributed by atoms with Crippen molar-refractivity contribution in [1.29, 1.82) is 0 Å². The van der Waals surface area contributed by atoms with Crippen molar-refractivity contribution in [3.05, 3.63) is 16.4 Å². The number of rotatable bonds is 3. The molecule has 0 bridgehead atoms. The van der Waals surface area contributed by atoms with E-state index < -0.39 is 21.4 Å². The maximum Gasteiger partial charge on any atom is 0.358 e. The van der Waals surface area contributed by atoms with Crippen LogP contribution in [0, 0.1) is 0 Å². The first-order valence-electron chi connectivity index (χ1n) is 5.90. The molecule has 0 saturated heterocycles. The SMILES string of the molecule is CCS(=O)(=O)c1cc(N)c(Br)nc1C(=O)OC(C)(C)C. The molecule has 2 N–H and O–H groups in total. The average molecular weight is 365 g/mol. The van der Waals surface area contributed by atoms with Gasteiger partial charge < -0.3 is 10.5 Å². The van der Waals surface area contributed by atoms with E-state index in [9.17, 15) is 13.2 Å². The van der Waals surface area contributed by atoms with Gasteiger partial charge in [-0.25, -0.2) is 18.2 Å². The number of carbonyl (C=O) groups excluding carboxylic acids is 1. The maximum atomic E-state index is 12.1. The van der Waals surface area contributed by atoms with E-state index in [-0.39, 0.29) is 26.6 Å². The van der Waals surface area contributed by atoms with Crippen LogP contribution in [0.1, 0.15) is 38.2 Å². The van der Waals surface area contributed by atoms with Crippen molar-refractivity contribution < 1.29 is 17.9 Å². The first kappa shape index (κ1) is 16.9. The molecule has 1 aromatic heterocycles. The summed E-state index contributed by atoms with van der Waals surface area (Å²) >= 11 is 3.08. The Hall–Kier alpha value is -1.15. The van der Waals surface area contributed by atoms with E-state index >= 15 is 0 Å². The van der Waals surface area contributed by atoms with Crippen LogP contribution in [0.5, 0.6) is 0 Å². The highest BCUT2D eigenvalue weighted by Crippen LogP contribution is 2.26. The number of halogens is 1. The van der Waals surface area contributed by atoms with Gasteiger partial charge in [-0.3, -0.25) is 0 Å². The third-order valence-electron chi connectivity index (χ3n) is 2.28. The van der Waals surface area contributed by atoms with E-state index in [0.29, 0.717) is 0 Å². The van der Waals surface area contributed by atoms with Crippen molar-refractivity contribution in [3.8, 4) is 0 Å². The molecule has 0 aliphatic heterocycles. The van der Waals surface area contributed by atoms with Crippen LogP contribution in [0.25, 0.3) is 0 Å². The number of hydrogen-bond acceptors (Lipinski definition) is 6. The fourth-order valence-corrected chi connectivity index (χ4v) is 2.69. The molecule has 112 valence electrons. The first-order chi connectivity index (χ1) is 8.98. The second kappa shape index (κ2) is 5.69. The molecule has 0 saturated carbocycles. The minimum Gasteiger partial charge on any atom is -0.455 e. The van der Waals surface area contributed by atoms with Gasteiger partial charge in [-0.1, -0.05) is 6.92 Å². The third kappa shape index (κ3) is 3.92. The summed E-state index contributed by atoms with van der Waals surface area (Å²) < 4.78 is 29.4. The summed E-state index contributed by atoms with van der Waals surface area (Å²) in [5, 5.41) is 0. The summed E-state index contributed by atoms with van der Waals surface area (Å²) in [4.78, 5) is 15.8.